The van der Waals surface area contributed by atoms with Crippen molar-refractivity contribution in [2.75, 3.05) is 25.0 Å². The molecule has 0 aliphatic carbocycles. The van der Waals surface area contributed by atoms with Crippen LogP contribution in [0.15, 0.2) is 18.2 Å². The highest BCUT2D eigenvalue weighted by atomic mass is 16.6. The molecule has 0 spiro atoms. The topological polar surface area (TPSA) is 58.4 Å². The molecule has 1 fully saturated rings. The number of benzene rings is 1. The second-order valence-electron chi connectivity index (χ2n) is 5.31. The van der Waals surface area contributed by atoms with Crippen molar-refractivity contribution < 1.29 is 4.92 Å². The zero-order valence-corrected chi connectivity index (χ0v) is 11.6. The Balaban J connectivity index is 1.98. The van der Waals surface area contributed by atoms with Gasteiger partial charge in [0.05, 0.1) is 4.92 Å². The summed E-state index contributed by atoms with van der Waals surface area (Å²) in [5, 5.41) is 14.3. The number of aryl methyl sites for hydroxylation is 1. The number of likely N-dealkylation sites (tertiary alicyclic amines) is 1. The minimum atomic E-state index is -0.328. The van der Waals surface area contributed by atoms with E-state index in [4.69, 9.17) is 0 Å². The number of nitrogens with zero attached hydrogens (tertiary/aromatic N) is 2. The summed E-state index contributed by atoms with van der Waals surface area (Å²) in [6.45, 7) is 7.20. The minimum absolute atomic E-state index is 0.179. The third-order valence-corrected chi connectivity index (χ3v) is 3.55. The Bertz CT molecular complexity index is 456. The second kappa shape index (κ2) is 6.02. The fraction of sp³-hybridized carbons (Fsp3) is 0.571. The van der Waals surface area contributed by atoms with Crippen LogP contribution in [0.25, 0.3) is 0 Å². The quantitative estimate of drug-likeness (QED) is 0.655. The van der Waals surface area contributed by atoms with Gasteiger partial charge < -0.3 is 10.2 Å². The molecule has 0 amide bonds. The maximum absolute atomic E-state index is 10.9. The average Bonchev–Trinajstić information content (AvgIpc) is 2.84. The highest BCUT2D eigenvalue weighted by molar-refractivity contribution is 5.55. The SMILES string of the molecule is Cc1ccc(NC(C)CN2CCCC2)cc1[N+](=O)[O-]. The molecular weight excluding hydrogens is 242 g/mol. The Labute approximate surface area is 113 Å². The molecule has 5 heteroatoms. The summed E-state index contributed by atoms with van der Waals surface area (Å²) in [5.41, 5.74) is 1.70. The summed E-state index contributed by atoms with van der Waals surface area (Å²) in [6, 6.07) is 5.61. The second-order valence-corrected chi connectivity index (χ2v) is 5.31. The molecule has 1 unspecified atom stereocenters. The molecule has 0 aromatic heterocycles. The van der Waals surface area contributed by atoms with Crippen molar-refractivity contribution in [1.82, 2.24) is 4.90 Å². The molecule has 5 nitrogen and oxygen atoms in total. The van der Waals surface area contributed by atoms with E-state index in [9.17, 15) is 10.1 Å². The fourth-order valence-electron chi connectivity index (χ4n) is 2.58. The van der Waals surface area contributed by atoms with Gasteiger partial charge in [0.15, 0.2) is 0 Å². The van der Waals surface area contributed by atoms with E-state index in [0.717, 1.165) is 12.2 Å². The van der Waals surface area contributed by atoms with E-state index in [2.05, 4.69) is 17.1 Å². The van der Waals surface area contributed by atoms with Gasteiger partial charge in [-0.25, -0.2) is 0 Å². The van der Waals surface area contributed by atoms with Gasteiger partial charge >= 0.3 is 0 Å². The van der Waals surface area contributed by atoms with Gasteiger partial charge in [0, 0.05) is 29.9 Å². The maximum atomic E-state index is 10.9. The number of anilines is 1. The van der Waals surface area contributed by atoms with Gasteiger partial charge in [-0.05, 0) is 45.8 Å². The molecule has 1 atom stereocenters. The van der Waals surface area contributed by atoms with Crippen LogP contribution in [0.2, 0.25) is 0 Å². The Kier molecular flexibility index (Phi) is 4.37. The van der Waals surface area contributed by atoms with E-state index in [0.29, 0.717) is 11.6 Å². The molecular formula is C14H21N3O2. The van der Waals surface area contributed by atoms with Crippen molar-refractivity contribution in [3.05, 3.63) is 33.9 Å². The van der Waals surface area contributed by atoms with Crippen LogP contribution in [0.4, 0.5) is 11.4 Å². The largest absolute Gasteiger partial charge is 0.381 e. The third kappa shape index (κ3) is 3.67. The first kappa shape index (κ1) is 13.8. The van der Waals surface area contributed by atoms with E-state index < -0.39 is 0 Å². The van der Waals surface area contributed by atoms with E-state index in [1.165, 1.54) is 25.9 Å². The average molecular weight is 263 g/mol. The Hall–Kier alpha value is -1.62. The highest BCUT2D eigenvalue weighted by Crippen LogP contribution is 2.23. The smallest absolute Gasteiger partial charge is 0.274 e. The van der Waals surface area contributed by atoms with E-state index in [-0.39, 0.29) is 10.6 Å². The van der Waals surface area contributed by atoms with Crippen molar-refractivity contribution in [2.24, 2.45) is 0 Å². The number of rotatable bonds is 5. The van der Waals surface area contributed by atoms with Crippen molar-refractivity contribution in [2.45, 2.75) is 32.7 Å². The van der Waals surface area contributed by atoms with Crippen molar-refractivity contribution in [3.63, 3.8) is 0 Å². The van der Waals surface area contributed by atoms with Gasteiger partial charge in [-0.2, -0.15) is 0 Å². The maximum Gasteiger partial charge on any atom is 0.274 e. The monoisotopic (exact) mass is 263 g/mol. The van der Waals surface area contributed by atoms with Gasteiger partial charge in [0.1, 0.15) is 0 Å². The standard InChI is InChI=1S/C14H21N3O2/c1-11-5-6-13(9-14(11)17(18)19)15-12(2)10-16-7-3-4-8-16/h5-6,9,12,15H,3-4,7-8,10H2,1-2H3. The summed E-state index contributed by atoms with van der Waals surface area (Å²) in [6.07, 6.45) is 2.56. The molecule has 1 aliphatic heterocycles. The molecule has 1 aromatic rings. The molecule has 1 heterocycles. The summed E-state index contributed by atoms with van der Waals surface area (Å²) >= 11 is 0. The lowest BCUT2D eigenvalue weighted by atomic mass is 10.1. The molecule has 1 aliphatic rings. The Morgan fingerprint density at radius 3 is 2.74 bits per heavy atom. The summed E-state index contributed by atoms with van der Waals surface area (Å²) in [5.74, 6) is 0. The lowest BCUT2D eigenvalue weighted by Gasteiger charge is -2.22. The fourth-order valence-corrected chi connectivity index (χ4v) is 2.58. The number of nitro groups is 1. The van der Waals surface area contributed by atoms with Crippen LogP contribution in [0.5, 0.6) is 0 Å². The molecule has 0 bridgehead atoms. The molecule has 104 valence electrons. The summed E-state index contributed by atoms with van der Waals surface area (Å²) in [4.78, 5) is 13.0. The number of hydrogen-bond donors (Lipinski definition) is 1. The van der Waals surface area contributed by atoms with Gasteiger partial charge in [-0.3, -0.25) is 10.1 Å². The Morgan fingerprint density at radius 1 is 1.42 bits per heavy atom. The zero-order valence-electron chi connectivity index (χ0n) is 11.6. The molecule has 1 N–H and O–H groups in total. The zero-order chi connectivity index (χ0) is 13.8. The summed E-state index contributed by atoms with van der Waals surface area (Å²) in [7, 11) is 0. The molecule has 2 rings (SSSR count). The summed E-state index contributed by atoms with van der Waals surface area (Å²) < 4.78 is 0. The normalized spacial score (nSPS) is 17.4. The number of nitrogens with one attached hydrogen (secondary N) is 1. The van der Waals surface area contributed by atoms with Crippen LogP contribution in [0.3, 0.4) is 0 Å². The van der Waals surface area contributed by atoms with Crippen LogP contribution < -0.4 is 5.32 Å². The Morgan fingerprint density at radius 2 is 2.11 bits per heavy atom. The van der Waals surface area contributed by atoms with Crippen LogP contribution in [-0.2, 0) is 0 Å². The molecule has 19 heavy (non-hydrogen) atoms. The predicted octanol–water partition coefficient (Wildman–Crippen LogP) is 2.80. The van der Waals surface area contributed by atoms with Crippen molar-refractivity contribution >= 4 is 11.4 Å². The number of nitro benzene ring substituents is 1. The molecule has 1 aromatic carbocycles. The van der Waals surface area contributed by atoms with E-state index >= 15 is 0 Å². The van der Waals surface area contributed by atoms with Crippen molar-refractivity contribution in [3.8, 4) is 0 Å². The van der Waals surface area contributed by atoms with Crippen LogP contribution >= 0.6 is 0 Å². The first-order valence-corrected chi connectivity index (χ1v) is 6.80. The predicted molar refractivity (Wildman–Crippen MR) is 76.6 cm³/mol. The van der Waals surface area contributed by atoms with Gasteiger partial charge in [0.2, 0.25) is 0 Å². The third-order valence-electron chi connectivity index (χ3n) is 3.55. The molecule has 0 saturated carbocycles. The van der Waals surface area contributed by atoms with Crippen LogP contribution in [-0.4, -0.2) is 35.5 Å². The van der Waals surface area contributed by atoms with Gasteiger partial charge in [0.25, 0.3) is 5.69 Å². The van der Waals surface area contributed by atoms with Crippen molar-refractivity contribution in [1.29, 1.82) is 0 Å². The van der Waals surface area contributed by atoms with Gasteiger partial charge in [-0.1, -0.05) is 6.07 Å². The van der Waals surface area contributed by atoms with Gasteiger partial charge in [-0.15, -0.1) is 0 Å². The van der Waals surface area contributed by atoms with Crippen LogP contribution in [0.1, 0.15) is 25.3 Å². The van der Waals surface area contributed by atoms with Crippen LogP contribution in [0, 0.1) is 17.0 Å². The molecule has 1 saturated heterocycles. The highest BCUT2D eigenvalue weighted by Gasteiger charge is 2.16. The lowest BCUT2D eigenvalue weighted by Crippen LogP contribution is -2.32. The first-order valence-electron chi connectivity index (χ1n) is 6.80. The van der Waals surface area contributed by atoms with E-state index in [1.807, 2.05) is 6.07 Å². The number of hydrogen-bond acceptors (Lipinski definition) is 4. The minimum Gasteiger partial charge on any atom is -0.381 e. The lowest BCUT2D eigenvalue weighted by molar-refractivity contribution is -0.385. The first-order chi connectivity index (χ1) is 9.06. The van der Waals surface area contributed by atoms with E-state index in [1.54, 1.807) is 19.1 Å². The molecule has 0 radical (unpaired) electrons.